The summed E-state index contributed by atoms with van der Waals surface area (Å²) in [5.74, 6) is 8.60. The molecule has 0 N–H and O–H groups in total. The van der Waals surface area contributed by atoms with Crippen LogP contribution in [0.5, 0.6) is 0 Å². The largest absolute Gasteiger partial charge is 0.262 e. The number of hydrogen-bond acceptors (Lipinski definition) is 10. The van der Waals surface area contributed by atoms with E-state index in [1.165, 1.54) is 33.4 Å². The van der Waals surface area contributed by atoms with E-state index in [1.54, 1.807) is 0 Å². The van der Waals surface area contributed by atoms with Gasteiger partial charge in [-0.1, -0.05) is 119 Å². The molecule has 5 radical (unpaired) electrons. The van der Waals surface area contributed by atoms with Crippen molar-refractivity contribution in [2.45, 2.75) is 108 Å². The Bertz CT molecular complexity index is 5090. The minimum absolute atomic E-state index is 0. The summed E-state index contributed by atoms with van der Waals surface area (Å²) >= 11 is 0. The van der Waals surface area contributed by atoms with E-state index in [0.29, 0.717) is 0 Å². The molecule has 0 atom stereocenters. The molecular formula is C86H82Ir5N15-5. The zero-order valence-electron chi connectivity index (χ0n) is 61.1. The number of aromatic nitrogens is 15. The van der Waals surface area contributed by atoms with Gasteiger partial charge >= 0.3 is 0 Å². The van der Waals surface area contributed by atoms with Crippen LogP contribution in [-0.2, 0) is 113 Å². The van der Waals surface area contributed by atoms with Crippen molar-refractivity contribution in [3.05, 3.63) is 329 Å². The van der Waals surface area contributed by atoms with Crippen LogP contribution in [-0.4, -0.2) is 73.8 Å². The van der Waals surface area contributed by atoms with E-state index in [2.05, 4.69) is 197 Å². The fourth-order valence-corrected chi connectivity index (χ4v) is 11.3. The van der Waals surface area contributed by atoms with Crippen LogP contribution < -0.4 is 0 Å². The van der Waals surface area contributed by atoms with Crippen LogP contribution in [0.3, 0.4) is 0 Å². The van der Waals surface area contributed by atoms with Gasteiger partial charge in [0.15, 0.2) is 0 Å². The van der Waals surface area contributed by atoms with Gasteiger partial charge in [-0.25, -0.2) is 0 Å². The van der Waals surface area contributed by atoms with Crippen molar-refractivity contribution in [1.82, 2.24) is 73.8 Å². The smallest absolute Gasteiger partial charge is 0.143 e. The van der Waals surface area contributed by atoms with Gasteiger partial charge in [-0.15, -0.1) is 179 Å². The summed E-state index contributed by atoms with van der Waals surface area (Å²) < 4.78 is 9.59. The standard InChI is InChI=1S/2C18H18N3.2C17H16N3.C16H14N3.5Ir/c1-13(2)17-19-18(15-10-5-4-6-11-15)21(20-17)16-12-8-7-9-14(16)3;1-3-9-17-19-18(15-11-5-4-6-12-15)21(20-17)16-13-8-7-10-14(16)2;1-12-8-7-9-13(2)16(12)20-17(18-14(3)19-20)15-10-5-4-6-11-15;1-3-16-18-17(14-10-5-4-6-11-14)20(19-16)15-12-8-7-9-13(15)2;1-12-8-6-7-11-15(12)19-16(17-13(2)18-19)14-9-4-3-5-10-14;;;;;/h4-10,12-13H,1-3H3;4-8,10-11,13H,3,9H2,1-2H3;4-10H,1-3H3;4-10,12H,3H2,1-2H3;3-9,11H,1-2H3;;;;;/q5*-1;;;;;. The molecule has 15 rings (SSSR count). The summed E-state index contributed by atoms with van der Waals surface area (Å²) in [6.45, 7) is 24.8. The molecule has 0 amide bonds. The van der Waals surface area contributed by atoms with E-state index in [9.17, 15) is 0 Å². The van der Waals surface area contributed by atoms with Gasteiger partial charge in [-0.2, -0.15) is 25.5 Å². The van der Waals surface area contributed by atoms with Crippen LogP contribution >= 0.6 is 0 Å². The van der Waals surface area contributed by atoms with Crippen molar-refractivity contribution in [2.75, 3.05) is 0 Å². The molecule has 10 aromatic carbocycles. The molecule has 551 valence electrons. The molecule has 0 saturated carbocycles. The first-order valence-electron chi connectivity index (χ1n) is 34.1. The number of hydrogen-bond donors (Lipinski definition) is 0. The molecule has 0 bridgehead atoms. The second-order valence-corrected chi connectivity index (χ2v) is 24.5. The van der Waals surface area contributed by atoms with Gasteiger partial charge in [0.25, 0.3) is 0 Å². The summed E-state index contributed by atoms with van der Waals surface area (Å²) in [7, 11) is 0. The molecule has 0 fully saturated rings. The summed E-state index contributed by atoms with van der Waals surface area (Å²) in [6, 6.07) is 94.5. The zero-order chi connectivity index (χ0) is 70.8. The SMILES string of the molecule is CCCc1nc(-c2[c-]cccc2)n(-c2ccccc2C)n1.CCc1nc(-c2[c-]cccc2)n(-c2ccccc2C)n1.Cc1ccccc1-n1nc(C(C)C)nc1-c1[c-]cccc1.Cc1nc(-c2[c-]cccc2)n(-c2c(C)cccc2C)n1.Cc1nc(-c2[c-]cccc2)n(-c2ccccc2C)n1.[Ir].[Ir].[Ir].[Ir].[Ir]. The van der Waals surface area contributed by atoms with Crippen LogP contribution in [0.1, 0.15) is 103 Å². The Kier molecular flexibility index (Phi) is 34.0. The number of para-hydroxylation sites is 5. The molecule has 0 spiro atoms. The van der Waals surface area contributed by atoms with Gasteiger partial charge in [-0.3, -0.25) is 48.3 Å². The van der Waals surface area contributed by atoms with Gasteiger partial charge < -0.3 is 0 Å². The fourth-order valence-electron chi connectivity index (χ4n) is 11.3. The monoisotopic (exact) mass is 2290 g/mol. The normalized spacial score (nSPS) is 10.3. The summed E-state index contributed by atoms with van der Waals surface area (Å²) in [5, 5.41) is 23.1. The van der Waals surface area contributed by atoms with Crippen LogP contribution in [0.4, 0.5) is 0 Å². The van der Waals surface area contributed by atoms with E-state index in [4.69, 9.17) is 20.2 Å². The van der Waals surface area contributed by atoms with Crippen LogP contribution in [0.2, 0.25) is 0 Å². The quantitative estimate of drug-likeness (QED) is 0.0961. The Hall–Kier alpha value is -8.85. The Morgan fingerprint density at radius 1 is 0.292 bits per heavy atom. The first kappa shape index (κ1) is 86.1. The van der Waals surface area contributed by atoms with E-state index in [0.717, 1.165) is 134 Å². The van der Waals surface area contributed by atoms with Crippen LogP contribution in [0.25, 0.3) is 85.4 Å². The Morgan fingerprint density at radius 2 is 0.575 bits per heavy atom. The molecule has 5 aromatic heterocycles. The molecule has 106 heavy (non-hydrogen) atoms. The molecule has 0 saturated heterocycles. The van der Waals surface area contributed by atoms with Crippen molar-refractivity contribution >= 4 is 0 Å². The summed E-state index contributed by atoms with van der Waals surface area (Å²) in [6.07, 6.45) is 2.74. The molecule has 20 heteroatoms. The van der Waals surface area contributed by atoms with Gasteiger partial charge in [0.2, 0.25) is 0 Å². The van der Waals surface area contributed by atoms with Crippen molar-refractivity contribution in [3.8, 4) is 85.4 Å². The second-order valence-electron chi connectivity index (χ2n) is 24.5. The van der Waals surface area contributed by atoms with Crippen LogP contribution in [0.15, 0.2) is 237 Å². The topological polar surface area (TPSA) is 154 Å². The maximum atomic E-state index is 4.72. The van der Waals surface area contributed by atoms with Crippen molar-refractivity contribution in [1.29, 1.82) is 0 Å². The average Bonchev–Trinajstić information content (AvgIpc) is 1.65. The third kappa shape index (κ3) is 21.5. The molecule has 5 heterocycles. The molecule has 15 nitrogen and oxygen atoms in total. The minimum Gasteiger partial charge on any atom is -0.262 e. The first-order chi connectivity index (χ1) is 49.2. The second kappa shape index (κ2) is 41.9. The van der Waals surface area contributed by atoms with E-state index < -0.39 is 0 Å². The van der Waals surface area contributed by atoms with Crippen molar-refractivity contribution < 1.29 is 101 Å². The van der Waals surface area contributed by atoms with Crippen molar-refractivity contribution in [2.24, 2.45) is 0 Å². The van der Waals surface area contributed by atoms with E-state index in [-0.39, 0.29) is 106 Å². The summed E-state index contributed by atoms with van der Waals surface area (Å²) in [5.41, 5.74) is 17.2. The fraction of sp³-hybridized carbons (Fsp3) is 0.186. The van der Waals surface area contributed by atoms with E-state index >= 15 is 0 Å². The van der Waals surface area contributed by atoms with Crippen molar-refractivity contribution in [3.63, 3.8) is 0 Å². The molecule has 0 aliphatic heterocycles. The van der Waals surface area contributed by atoms with Gasteiger partial charge in [0.1, 0.15) is 29.1 Å². The Balaban J connectivity index is 0.000000205. The van der Waals surface area contributed by atoms with Gasteiger partial charge in [-0.05, 0) is 119 Å². The molecule has 0 aliphatic carbocycles. The number of nitrogens with zero attached hydrogens (tertiary/aromatic N) is 15. The van der Waals surface area contributed by atoms with E-state index in [1.807, 2.05) is 207 Å². The van der Waals surface area contributed by atoms with Gasteiger partial charge in [0.05, 0.1) is 57.6 Å². The number of rotatable bonds is 14. The first-order valence-corrected chi connectivity index (χ1v) is 34.1. The predicted octanol–water partition coefficient (Wildman–Crippen LogP) is 18.8. The molecule has 0 unspecified atom stereocenters. The zero-order valence-corrected chi connectivity index (χ0v) is 73.1. The molecule has 0 aliphatic rings. The number of benzene rings is 10. The van der Waals surface area contributed by atoms with Gasteiger partial charge in [0, 0.05) is 119 Å². The third-order valence-electron chi connectivity index (χ3n) is 16.4. The molecular weight excluding hydrogens is 2200 g/mol. The minimum atomic E-state index is 0. The Labute approximate surface area is 691 Å². The maximum absolute atomic E-state index is 4.72. The molecule has 15 aromatic rings. The average molecular weight is 2290 g/mol. The number of aryl methyl sites for hydroxylation is 10. The summed E-state index contributed by atoms with van der Waals surface area (Å²) in [4.78, 5) is 23.1. The van der Waals surface area contributed by atoms with Crippen LogP contribution in [0, 0.1) is 85.7 Å². The predicted molar refractivity (Wildman–Crippen MR) is 404 cm³/mol. The third-order valence-corrected chi connectivity index (χ3v) is 16.4. The Morgan fingerprint density at radius 3 is 0.906 bits per heavy atom. The maximum Gasteiger partial charge on any atom is 0.143 e.